The average molecular weight is 186 g/mol. The Bertz CT molecular complexity index is 178. The molecule has 0 aromatic rings. The summed E-state index contributed by atoms with van der Waals surface area (Å²) in [7, 11) is 3.38. The van der Waals surface area contributed by atoms with Crippen molar-refractivity contribution in [3.8, 4) is 0 Å². The van der Waals surface area contributed by atoms with Crippen LogP contribution in [-0.4, -0.2) is 44.3 Å². The number of likely N-dealkylation sites (tertiary alicyclic amines) is 1. The number of carbonyl (C=O) groups excluding carboxylic acids is 1. The number of carbonyl (C=O) groups is 1. The van der Waals surface area contributed by atoms with Gasteiger partial charge >= 0.3 is 6.09 Å². The van der Waals surface area contributed by atoms with Crippen LogP contribution in [0.1, 0.15) is 13.3 Å². The zero-order chi connectivity index (χ0) is 9.84. The number of hydrogen-bond donors (Lipinski definition) is 1. The van der Waals surface area contributed by atoms with Crippen LogP contribution in [0.15, 0.2) is 0 Å². The van der Waals surface area contributed by atoms with Gasteiger partial charge in [0.15, 0.2) is 0 Å². The molecule has 1 unspecified atom stereocenters. The Morgan fingerprint density at radius 3 is 2.77 bits per heavy atom. The number of ether oxygens (including phenoxy) is 1. The zero-order valence-electron chi connectivity index (χ0n) is 8.54. The maximum Gasteiger partial charge on any atom is 0.409 e. The molecule has 1 rings (SSSR count). The van der Waals surface area contributed by atoms with Gasteiger partial charge in [0.1, 0.15) is 0 Å². The average Bonchev–Trinajstić information content (AvgIpc) is 2.08. The first-order valence-electron chi connectivity index (χ1n) is 4.67. The van der Waals surface area contributed by atoms with E-state index >= 15 is 0 Å². The number of rotatable bonds is 3. The second-order valence-electron chi connectivity index (χ2n) is 3.67. The molecule has 1 atom stereocenters. The van der Waals surface area contributed by atoms with Gasteiger partial charge < -0.3 is 15.0 Å². The van der Waals surface area contributed by atoms with E-state index in [4.69, 9.17) is 0 Å². The Balaban J connectivity index is 2.15. The fraction of sp³-hybridized carbons (Fsp3) is 0.889. The third-order valence-corrected chi connectivity index (χ3v) is 2.57. The summed E-state index contributed by atoms with van der Waals surface area (Å²) in [6.07, 6.45) is 0.928. The van der Waals surface area contributed by atoms with Crippen LogP contribution in [0.3, 0.4) is 0 Å². The quantitative estimate of drug-likeness (QED) is 0.705. The second kappa shape index (κ2) is 4.46. The lowest BCUT2D eigenvalue weighted by Gasteiger charge is -2.39. The topological polar surface area (TPSA) is 41.6 Å². The number of nitrogens with one attached hydrogen (secondary N) is 1. The van der Waals surface area contributed by atoms with Crippen molar-refractivity contribution in [1.82, 2.24) is 10.2 Å². The van der Waals surface area contributed by atoms with Crippen molar-refractivity contribution < 1.29 is 9.53 Å². The van der Waals surface area contributed by atoms with Gasteiger partial charge in [0.05, 0.1) is 7.11 Å². The van der Waals surface area contributed by atoms with E-state index in [2.05, 4.69) is 17.0 Å². The van der Waals surface area contributed by atoms with Gasteiger partial charge in [0.25, 0.3) is 0 Å². The lowest BCUT2D eigenvalue weighted by molar-refractivity contribution is 0.0618. The van der Waals surface area contributed by atoms with Gasteiger partial charge in [-0.2, -0.15) is 0 Å². The molecular formula is C9H18N2O2. The summed E-state index contributed by atoms with van der Waals surface area (Å²) < 4.78 is 4.61. The van der Waals surface area contributed by atoms with Gasteiger partial charge in [0, 0.05) is 19.1 Å². The van der Waals surface area contributed by atoms with Crippen molar-refractivity contribution in [1.29, 1.82) is 0 Å². The van der Waals surface area contributed by atoms with Crippen LogP contribution in [0.25, 0.3) is 0 Å². The van der Waals surface area contributed by atoms with Crippen molar-refractivity contribution in [2.24, 2.45) is 5.92 Å². The minimum atomic E-state index is -0.201. The van der Waals surface area contributed by atoms with E-state index in [9.17, 15) is 4.79 Å². The predicted octanol–water partition coefficient (Wildman–Crippen LogP) is 0.683. The van der Waals surface area contributed by atoms with E-state index in [0.29, 0.717) is 12.0 Å². The highest BCUT2D eigenvalue weighted by Gasteiger charge is 2.31. The van der Waals surface area contributed by atoms with Gasteiger partial charge in [-0.3, -0.25) is 0 Å². The van der Waals surface area contributed by atoms with E-state index in [1.54, 1.807) is 4.90 Å². The summed E-state index contributed by atoms with van der Waals surface area (Å²) in [6, 6.07) is 0.532. The van der Waals surface area contributed by atoms with Crippen molar-refractivity contribution in [3.05, 3.63) is 0 Å². The maximum absolute atomic E-state index is 11.0. The molecule has 0 bridgehead atoms. The number of nitrogens with zero attached hydrogens (tertiary/aromatic N) is 1. The first-order chi connectivity index (χ1) is 6.17. The van der Waals surface area contributed by atoms with Crippen LogP contribution in [0.5, 0.6) is 0 Å². The first kappa shape index (κ1) is 10.3. The fourth-order valence-corrected chi connectivity index (χ4v) is 1.61. The zero-order valence-corrected chi connectivity index (χ0v) is 8.54. The smallest absolute Gasteiger partial charge is 0.409 e. The summed E-state index contributed by atoms with van der Waals surface area (Å²) in [5, 5.41) is 3.19. The fourth-order valence-electron chi connectivity index (χ4n) is 1.61. The van der Waals surface area contributed by atoms with Crippen LogP contribution in [0.2, 0.25) is 0 Å². The normalized spacial score (nSPS) is 19.5. The highest BCUT2D eigenvalue weighted by molar-refractivity contribution is 5.68. The maximum atomic E-state index is 11.0. The number of methoxy groups -OCH3 is 1. The van der Waals surface area contributed by atoms with Crippen LogP contribution < -0.4 is 5.32 Å². The third-order valence-electron chi connectivity index (χ3n) is 2.57. The Labute approximate surface area is 79.2 Å². The number of amides is 1. The minimum Gasteiger partial charge on any atom is -0.453 e. The molecule has 0 aromatic carbocycles. The number of hydrogen-bond acceptors (Lipinski definition) is 3. The van der Waals surface area contributed by atoms with Crippen molar-refractivity contribution in [2.75, 3.05) is 27.2 Å². The molecule has 4 heteroatoms. The standard InChI is InChI=1S/C9H18N2O2/c1-7(10-2)4-8-5-11(6-8)9(12)13-3/h7-8,10H,4-6H2,1-3H3. The molecule has 1 N–H and O–H groups in total. The molecule has 0 saturated carbocycles. The largest absolute Gasteiger partial charge is 0.453 e. The Morgan fingerprint density at radius 1 is 1.69 bits per heavy atom. The van der Waals surface area contributed by atoms with Crippen LogP contribution >= 0.6 is 0 Å². The van der Waals surface area contributed by atoms with Crippen LogP contribution in [-0.2, 0) is 4.74 Å². The summed E-state index contributed by atoms with van der Waals surface area (Å²) in [4.78, 5) is 12.7. The van der Waals surface area contributed by atoms with Gasteiger partial charge in [-0.25, -0.2) is 4.79 Å². The Kier molecular flexibility index (Phi) is 3.54. The van der Waals surface area contributed by atoms with Gasteiger partial charge in [-0.05, 0) is 26.3 Å². The van der Waals surface area contributed by atoms with E-state index in [-0.39, 0.29) is 6.09 Å². The van der Waals surface area contributed by atoms with Gasteiger partial charge in [-0.15, -0.1) is 0 Å². The van der Waals surface area contributed by atoms with Crippen molar-refractivity contribution in [3.63, 3.8) is 0 Å². The third kappa shape index (κ3) is 2.59. The Morgan fingerprint density at radius 2 is 2.31 bits per heavy atom. The minimum absolute atomic E-state index is 0.201. The van der Waals surface area contributed by atoms with E-state index in [0.717, 1.165) is 19.5 Å². The first-order valence-corrected chi connectivity index (χ1v) is 4.67. The Hall–Kier alpha value is -0.770. The molecule has 1 amide bonds. The SMILES string of the molecule is CNC(C)CC1CN(C(=O)OC)C1. The van der Waals surface area contributed by atoms with Crippen LogP contribution in [0, 0.1) is 5.92 Å². The van der Waals surface area contributed by atoms with E-state index in [1.807, 2.05) is 7.05 Å². The molecule has 4 nitrogen and oxygen atoms in total. The highest BCUT2D eigenvalue weighted by atomic mass is 16.5. The molecule has 1 saturated heterocycles. The highest BCUT2D eigenvalue weighted by Crippen LogP contribution is 2.20. The molecule has 1 aliphatic heterocycles. The van der Waals surface area contributed by atoms with Gasteiger partial charge in [-0.1, -0.05) is 0 Å². The summed E-state index contributed by atoms with van der Waals surface area (Å²) in [6.45, 7) is 3.85. The van der Waals surface area contributed by atoms with Gasteiger partial charge in [0.2, 0.25) is 0 Å². The summed E-state index contributed by atoms with van der Waals surface area (Å²) >= 11 is 0. The molecule has 0 spiro atoms. The molecule has 1 aliphatic rings. The molecule has 0 aromatic heterocycles. The lowest BCUT2D eigenvalue weighted by Crippen LogP contribution is -2.51. The molecule has 0 aliphatic carbocycles. The summed E-state index contributed by atoms with van der Waals surface area (Å²) in [5.74, 6) is 0.640. The predicted molar refractivity (Wildman–Crippen MR) is 50.6 cm³/mol. The molecule has 0 radical (unpaired) electrons. The molecular weight excluding hydrogens is 168 g/mol. The lowest BCUT2D eigenvalue weighted by atomic mass is 9.93. The van der Waals surface area contributed by atoms with E-state index < -0.39 is 0 Å². The molecule has 1 heterocycles. The molecule has 13 heavy (non-hydrogen) atoms. The van der Waals surface area contributed by atoms with Crippen molar-refractivity contribution in [2.45, 2.75) is 19.4 Å². The van der Waals surface area contributed by atoms with Crippen LogP contribution in [0.4, 0.5) is 4.79 Å². The molecule has 76 valence electrons. The second-order valence-corrected chi connectivity index (χ2v) is 3.67. The molecule has 1 fully saturated rings. The monoisotopic (exact) mass is 186 g/mol. The summed E-state index contributed by atoms with van der Waals surface area (Å²) in [5.41, 5.74) is 0. The van der Waals surface area contributed by atoms with Crippen molar-refractivity contribution >= 4 is 6.09 Å². The van der Waals surface area contributed by atoms with E-state index in [1.165, 1.54) is 7.11 Å².